The molecule has 90 valence electrons. The van der Waals surface area contributed by atoms with Crippen molar-refractivity contribution in [3.05, 3.63) is 22.3 Å². The van der Waals surface area contributed by atoms with E-state index >= 15 is 0 Å². The van der Waals surface area contributed by atoms with Crippen molar-refractivity contribution in [2.24, 2.45) is 11.7 Å². The van der Waals surface area contributed by atoms with Crippen LogP contribution in [-0.4, -0.2) is 18.1 Å². The molecule has 3 nitrogen and oxygen atoms in total. The first kappa shape index (κ1) is 13.5. The smallest absolute Gasteiger partial charge is 0.140 e. The number of hydrogen-bond donors (Lipinski definition) is 2. The normalized spacial score (nSPS) is 12.5. The van der Waals surface area contributed by atoms with Gasteiger partial charge in [0.25, 0.3) is 0 Å². The Hall–Kier alpha value is -0.610. The second kappa shape index (κ2) is 6.86. The molecule has 1 unspecified atom stereocenters. The van der Waals surface area contributed by atoms with Crippen LogP contribution in [0.1, 0.15) is 25.3 Å². The minimum atomic E-state index is 0.624. The fourth-order valence-electron chi connectivity index (χ4n) is 1.59. The maximum absolute atomic E-state index is 5.58. The van der Waals surface area contributed by atoms with Crippen LogP contribution in [0.2, 0.25) is 0 Å². The Kier molecular flexibility index (Phi) is 5.77. The Labute approximate surface area is 106 Å². The maximum atomic E-state index is 5.58. The van der Waals surface area contributed by atoms with Crippen LogP contribution in [0.5, 0.6) is 0 Å². The van der Waals surface area contributed by atoms with E-state index < -0.39 is 0 Å². The summed E-state index contributed by atoms with van der Waals surface area (Å²) in [7, 11) is 0. The molecule has 1 aromatic heterocycles. The van der Waals surface area contributed by atoms with Crippen molar-refractivity contribution in [2.75, 3.05) is 18.4 Å². The Bertz CT molecular complexity index is 328. The van der Waals surface area contributed by atoms with Crippen LogP contribution in [0.3, 0.4) is 0 Å². The van der Waals surface area contributed by atoms with Crippen molar-refractivity contribution < 1.29 is 0 Å². The van der Waals surface area contributed by atoms with Crippen molar-refractivity contribution in [3.8, 4) is 0 Å². The molecule has 1 rings (SSSR count). The summed E-state index contributed by atoms with van der Waals surface area (Å²) in [4.78, 5) is 4.32. The van der Waals surface area contributed by atoms with Gasteiger partial charge in [-0.2, -0.15) is 0 Å². The fourth-order valence-corrected chi connectivity index (χ4v) is 1.97. The van der Waals surface area contributed by atoms with E-state index in [1.807, 2.05) is 12.3 Å². The number of nitrogens with one attached hydrogen (secondary N) is 1. The average Bonchev–Trinajstić information content (AvgIpc) is 2.29. The van der Waals surface area contributed by atoms with Crippen LogP contribution in [0.4, 0.5) is 5.82 Å². The molecule has 0 aromatic carbocycles. The van der Waals surface area contributed by atoms with Crippen molar-refractivity contribution in [1.82, 2.24) is 4.98 Å². The zero-order valence-corrected chi connectivity index (χ0v) is 11.5. The SMILES string of the molecule is CCC(CCN)CNc1nccc(C)c1Br. The Morgan fingerprint density at radius 1 is 1.56 bits per heavy atom. The van der Waals surface area contributed by atoms with Crippen LogP contribution in [0, 0.1) is 12.8 Å². The molecule has 0 amide bonds. The summed E-state index contributed by atoms with van der Waals surface area (Å²) in [5.41, 5.74) is 6.77. The molecule has 1 atom stereocenters. The van der Waals surface area contributed by atoms with E-state index in [0.717, 1.165) is 36.2 Å². The van der Waals surface area contributed by atoms with E-state index in [2.05, 4.69) is 40.1 Å². The highest BCUT2D eigenvalue weighted by molar-refractivity contribution is 9.10. The average molecular weight is 286 g/mol. The highest BCUT2D eigenvalue weighted by atomic mass is 79.9. The third-order valence-electron chi connectivity index (χ3n) is 2.79. The van der Waals surface area contributed by atoms with Gasteiger partial charge >= 0.3 is 0 Å². The Balaban J connectivity index is 2.56. The molecule has 0 aliphatic rings. The van der Waals surface area contributed by atoms with Gasteiger partial charge in [0.05, 0.1) is 4.47 Å². The summed E-state index contributed by atoms with van der Waals surface area (Å²) in [5, 5.41) is 3.38. The summed E-state index contributed by atoms with van der Waals surface area (Å²) < 4.78 is 1.05. The summed E-state index contributed by atoms with van der Waals surface area (Å²) in [6, 6.07) is 1.99. The monoisotopic (exact) mass is 285 g/mol. The maximum Gasteiger partial charge on any atom is 0.140 e. The quantitative estimate of drug-likeness (QED) is 0.845. The van der Waals surface area contributed by atoms with Crippen molar-refractivity contribution >= 4 is 21.7 Å². The van der Waals surface area contributed by atoms with E-state index in [9.17, 15) is 0 Å². The zero-order valence-electron chi connectivity index (χ0n) is 9.96. The van der Waals surface area contributed by atoms with E-state index in [1.54, 1.807) is 0 Å². The van der Waals surface area contributed by atoms with Gasteiger partial charge in [0.1, 0.15) is 5.82 Å². The minimum absolute atomic E-state index is 0.624. The van der Waals surface area contributed by atoms with Gasteiger partial charge in [0.2, 0.25) is 0 Å². The van der Waals surface area contributed by atoms with Gasteiger partial charge < -0.3 is 11.1 Å². The lowest BCUT2D eigenvalue weighted by Gasteiger charge is -2.16. The van der Waals surface area contributed by atoms with Gasteiger partial charge in [0.15, 0.2) is 0 Å². The second-order valence-corrected chi connectivity index (χ2v) is 4.82. The number of halogens is 1. The van der Waals surface area contributed by atoms with Crippen molar-refractivity contribution in [2.45, 2.75) is 26.7 Å². The number of nitrogens with zero attached hydrogens (tertiary/aromatic N) is 1. The number of aromatic nitrogens is 1. The van der Waals surface area contributed by atoms with Crippen LogP contribution >= 0.6 is 15.9 Å². The lowest BCUT2D eigenvalue weighted by atomic mass is 10.0. The number of pyridine rings is 1. The summed E-state index contributed by atoms with van der Waals surface area (Å²) >= 11 is 3.54. The number of hydrogen-bond acceptors (Lipinski definition) is 3. The zero-order chi connectivity index (χ0) is 12.0. The number of anilines is 1. The van der Waals surface area contributed by atoms with Gasteiger partial charge in [-0.25, -0.2) is 4.98 Å². The first-order chi connectivity index (χ1) is 7.69. The van der Waals surface area contributed by atoms with Gasteiger partial charge in [-0.3, -0.25) is 0 Å². The molecule has 0 saturated carbocycles. The van der Waals surface area contributed by atoms with Crippen molar-refractivity contribution in [1.29, 1.82) is 0 Å². The topological polar surface area (TPSA) is 50.9 Å². The Morgan fingerprint density at radius 2 is 2.31 bits per heavy atom. The highest BCUT2D eigenvalue weighted by Crippen LogP contribution is 2.23. The van der Waals surface area contributed by atoms with Crippen LogP contribution in [0.25, 0.3) is 0 Å². The molecule has 0 aliphatic heterocycles. The van der Waals surface area contributed by atoms with Crippen LogP contribution in [0.15, 0.2) is 16.7 Å². The van der Waals surface area contributed by atoms with Gasteiger partial charge in [-0.05, 0) is 53.4 Å². The summed E-state index contributed by atoms with van der Waals surface area (Å²) in [5.74, 6) is 1.55. The lowest BCUT2D eigenvalue weighted by Crippen LogP contribution is -2.18. The summed E-state index contributed by atoms with van der Waals surface area (Å²) in [6.07, 6.45) is 4.03. The predicted octanol–water partition coefficient (Wildman–Crippen LogP) is 2.94. The molecule has 16 heavy (non-hydrogen) atoms. The van der Waals surface area contributed by atoms with Gasteiger partial charge in [-0.15, -0.1) is 0 Å². The molecule has 1 aromatic rings. The molecule has 0 saturated heterocycles. The molecule has 0 aliphatic carbocycles. The van der Waals surface area contributed by atoms with Gasteiger partial charge in [-0.1, -0.05) is 13.3 Å². The highest BCUT2D eigenvalue weighted by Gasteiger charge is 2.08. The van der Waals surface area contributed by atoms with Crippen LogP contribution in [-0.2, 0) is 0 Å². The van der Waals surface area contributed by atoms with E-state index in [0.29, 0.717) is 5.92 Å². The molecular weight excluding hydrogens is 266 g/mol. The molecule has 3 N–H and O–H groups in total. The van der Waals surface area contributed by atoms with E-state index in [-0.39, 0.29) is 0 Å². The fraction of sp³-hybridized carbons (Fsp3) is 0.583. The van der Waals surface area contributed by atoms with E-state index in [1.165, 1.54) is 5.56 Å². The second-order valence-electron chi connectivity index (χ2n) is 4.02. The molecule has 0 bridgehead atoms. The number of nitrogens with two attached hydrogens (primary N) is 1. The predicted molar refractivity (Wildman–Crippen MR) is 72.6 cm³/mol. The third-order valence-corrected chi connectivity index (χ3v) is 3.79. The largest absolute Gasteiger partial charge is 0.369 e. The minimum Gasteiger partial charge on any atom is -0.369 e. The molecule has 0 spiro atoms. The molecule has 1 heterocycles. The lowest BCUT2D eigenvalue weighted by molar-refractivity contribution is 0.501. The number of rotatable bonds is 6. The van der Waals surface area contributed by atoms with E-state index in [4.69, 9.17) is 5.73 Å². The summed E-state index contributed by atoms with van der Waals surface area (Å²) in [6.45, 7) is 5.94. The standard InChI is InChI=1S/C12H20BrN3/c1-3-10(4-6-14)8-16-12-11(13)9(2)5-7-15-12/h5,7,10H,3-4,6,8,14H2,1-2H3,(H,15,16). The van der Waals surface area contributed by atoms with Crippen molar-refractivity contribution in [3.63, 3.8) is 0 Å². The molecule has 0 fully saturated rings. The molecule has 4 heteroatoms. The van der Waals surface area contributed by atoms with Gasteiger partial charge in [0, 0.05) is 12.7 Å². The Morgan fingerprint density at radius 3 is 2.94 bits per heavy atom. The number of aryl methyl sites for hydroxylation is 1. The molecular formula is C12H20BrN3. The molecule has 0 radical (unpaired) electrons. The first-order valence-electron chi connectivity index (χ1n) is 5.74. The van der Waals surface area contributed by atoms with Crippen LogP contribution < -0.4 is 11.1 Å². The first-order valence-corrected chi connectivity index (χ1v) is 6.53. The third kappa shape index (κ3) is 3.76.